The number of nitrogens with zero attached hydrogens (tertiary/aromatic N) is 1. The molecule has 2 nitrogen and oxygen atoms in total. The molecule has 0 radical (unpaired) electrons. The largest absolute Gasteiger partial charge is 0.311 e. The molecular weight excluding hydrogens is 234 g/mol. The van der Waals surface area contributed by atoms with Crippen molar-refractivity contribution in [1.82, 2.24) is 4.90 Å². The predicted molar refractivity (Wildman–Crippen MR) is 76.2 cm³/mol. The number of hydrogen-bond acceptors (Lipinski definition) is 1. The topological polar surface area (TPSA) is 20.3 Å². The molecule has 0 aromatic heterocycles. The zero-order valence-electron chi connectivity index (χ0n) is 11.3. The average Bonchev–Trinajstić information content (AvgIpc) is 2.44. The fourth-order valence-electron chi connectivity index (χ4n) is 3.03. The van der Waals surface area contributed by atoms with Gasteiger partial charge in [-0.2, -0.15) is 0 Å². The van der Waals surface area contributed by atoms with Crippen molar-refractivity contribution < 1.29 is 4.79 Å². The Labute approximate surface area is 114 Å². The van der Waals surface area contributed by atoms with Gasteiger partial charge in [0.05, 0.1) is 6.54 Å². The van der Waals surface area contributed by atoms with Gasteiger partial charge in [0.15, 0.2) is 0 Å². The number of allylic oxidation sites excluding steroid dienone is 3. The Morgan fingerprint density at radius 2 is 2.05 bits per heavy atom. The van der Waals surface area contributed by atoms with Gasteiger partial charge < -0.3 is 4.90 Å². The van der Waals surface area contributed by atoms with E-state index in [-0.39, 0.29) is 11.3 Å². The summed E-state index contributed by atoms with van der Waals surface area (Å²) in [6.45, 7) is 2.92. The number of hydrogen-bond donors (Lipinski definition) is 0. The minimum atomic E-state index is 0.0426. The number of likely N-dealkylation sites (tertiary alicyclic amines) is 1. The van der Waals surface area contributed by atoms with Gasteiger partial charge in [0.2, 0.25) is 5.91 Å². The summed E-state index contributed by atoms with van der Waals surface area (Å²) in [6, 6.07) is 10.2. The van der Waals surface area contributed by atoms with E-state index in [1.54, 1.807) is 0 Å². The molecule has 0 bridgehead atoms. The molecule has 98 valence electrons. The van der Waals surface area contributed by atoms with Gasteiger partial charge in [-0.3, -0.25) is 4.79 Å². The lowest BCUT2D eigenvalue weighted by Gasteiger charge is -2.43. The summed E-state index contributed by atoms with van der Waals surface area (Å²) >= 11 is 0. The van der Waals surface area contributed by atoms with Gasteiger partial charge in [0.1, 0.15) is 0 Å². The molecule has 1 atom stereocenters. The Morgan fingerprint density at radius 3 is 2.84 bits per heavy atom. The van der Waals surface area contributed by atoms with Gasteiger partial charge in [0.25, 0.3) is 0 Å². The van der Waals surface area contributed by atoms with Gasteiger partial charge in [-0.05, 0) is 18.4 Å². The van der Waals surface area contributed by atoms with Crippen LogP contribution in [0.2, 0.25) is 0 Å². The third-order valence-corrected chi connectivity index (χ3v) is 4.15. The summed E-state index contributed by atoms with van der Waals surface area (Å²) < 4.78 is 0. The van der Waals surface area contributed by atoms with Crippen LogP contribution in [0.4, 0.5) is 0 Å². The van der Waals surface area contributed by atoms with E-state index in [0.29, 0.717) is 13.0 Å². The molecule has 3 rings (SSSR count). The second-order valence-electron chi connectivity index (χ2n) is 5.61. The molecule has 2 aliphatic rings. The van der Waals surface area contributed by atoms with E-state index >= 15 is 0 Å². The zero-order chi connectivity index (χ0) is 13.3. The van der Waals surface area contributed by atoms with E-state index in [9.17, 15) is 4.79 Å². The van der Waals surface area contributed by atoms with E-state index in [1.807, 2.05) is 23.1 Å². The monoisotopic (exact) mass is 253 g/mol. The second-order valence-corrected chi connectivity index (χ2v) is 5.61. The number of amides is 1. The molecule has 0 saturated carbocycles. The van der Waals surface area contributed by atoms with E-state index in [0.717, 1.165) is 12.8 Å². The normalized spacial score (nSPS) is 26.1. The van der Waals surface area contributed by atoms with Crippen molar-refractivity contribution in [1.29, 1.82) is 0 Å². The van der Waals surface area contributed by atoms with Crippen LogP contribution in [0.5, 0.6) is 0 Å². The Balaban J connectivity index is 1.90. The summed E-state index contributed by atoms with van der Waals surface area (Å²) in [5.74, 6) is 0.253. The Morgan fingerprint density at radius 1 is 1.26 bits per heavy atom. The summed E-state index contributed by atoms with van der Waals surface area (Å²) in [7, 11) is 0. The van der Waals surface area contributed by atoms with E-state index < -0.39 is 0 Å². The number of piperidine rings is 1. The molecule has 1 aromatic rings. The van der Waals surface area contributed by atoms with Crippen LogP contribution in [0, 0.1) is 5.41 Å². The van der Waals surface area contributed by atoms with Crippen molar-refractivity contribution in [2.75, 3.05) is 0 Å². The molecule has 1 aromatic carbocycles. The van der Waals surface area contributed by atoms with Crippen molar-refractivity contribution in [2.24, 2.45) is 5.41 Å². The molecule has 1 fully saturated rings. The fraction of sp³-hybridized carbons (Fsp3) is 0.353. The molecule has 1 aliphatic heterocycles. The van der Waals surface area contributed by atoms with Crippen molar-refractivity contribution in [2.45, 2.75) is 32.7 Å². The Bertz CT molecular complexity index is 544. The highest BCUT2D eigenvalue weighted by Gasteiger charge is 2.38. The lowest BCUT2D eigenvalue weighted by molar-refractivity contribution is -0.133. The lowest BCUT2D eigenvalue weighted by Crippen LogP contribution is -2.42. The maximum Gasteiger partial charge on any atom is 0.227 e. The number of carbonyl (C=O) groups is 1. The molecule has 0 N–H and O–H groups in total. The molecule has 2 heteroatoms. The minimum absolute atomic E-state index is 0.0426. The van der Waals surface area contributed by atoms with E-state index in [2.05, 4.69) is 37.3 Å². The summed E-state index contributed by atoms with van der Waals surface area (Å²) in [5, 5.41) is 0. The van der Waals surface area contributed by atoms with Gasteiger partial charge in [-0.25, -0.2) is 0 Å². The molecule has 1 heterocycles. The van der Waals surface area contributed by atoms with Crippen molar-refractivity contribution >= 4 is 5.91 Å². The van der Waals surface area contributed by atoms with E-state index in [4.69, 9.17) is 0 Å². The highest BCUT2D eigenvalue weighted by molar-refractivity contribution is 5.80. The maximum absolute atomic E-state index is 12.3. The first-order valence-corrected chi connectivity index (χ1v) is 6.92. The average molecular weight is 253 g/mol. The lowest BCUT2D eigenvalue weighted by atomic mass is 9.75. The molecule has 1 amide bonds. The van der Waals surface area contributed by atoms with Crippen LogP contribution in [0.1, 0.15) is 31.7 Å². The number of rotatable bonds is 2. The smallest absolute Gasteiger partial charge is 0.227 e. The maximum atomic E-state index is 12.3. The molecule has 1 aliphatic carbocycles. The highest BCUT2D eigenvalue weighted by atomic mass is 16.2. The summed E-state index contributed by atoms with van der Waals surface area (Å²) in [5.41, 5.74) is 2.42. The molecule has 1 saturated heterocycles. The van der Waals surface area contributed by atoms with Crippen LogP contribution in [-0.4, -0.2) is 10.8 Å². The minimum Gasteiger partial charge on any atom is -0.311 e. The van der Waals surface area contributed by atoms with Crippen LogP contribution in [-0.2, 0) is 11.3 Å². The van der Waals surface area contributed by atoms with Gasteiger partial charge in [-0.15, -0.1) is 0 Å². The predicted octanol–water partition coefficient (Wildman–Crippen LogP) is 3.66. The third kappa shape index (κ3) is 2.23. The number of benzene rings is 1. The standard InChI is InChI=1S/C17H19NO/c1-17-11-6-5-9-15(17)18(16(19)10-12-17)13-14-7-3-2-4-8-14/h2-4,6-9,11H,5,10,12-13H2,1H3. The zero-order valence-corrected chi connectivity index (χ0v) is 11.3. The first kappa shape index (κ1) is 12.2. The van der Waals surface area contributed by atoms with Crippen LogP contribution < -0.4 is 0 Å². The van der Waals surface area contributed by atoms with Crippen molar-refractivity contribution in [3.8, 4) is 0 Å². The Kier molecular flexibility index (Phi) is 3.02. The molecule has 0 spiro atoms. The fourth-order valence-corrected chi connectivity index (χ4v) is 3.03. The quantitative estimate of drug-likeness (QED) is 0.737. The van der Waals surface area contributed by atoms with E-state index in [1.165, 1.54) is 11.3 Å². The summed E-state index contributed by atoms with van der Waals surface area (Å²) in [6.07, 6.45) is 9.20. The summed E-state index contributed by atoms with van der Waals surface area (Å²) in [4.78, 5) is 14.2. The highest BCUT2D eigenvalue weighted by Crippen LogP contribution is 2.43. The van der Waals surface area contributed by atoms with Gasteiger partial charge in [0, 0.05) is 17.5 Å². The van der Waals surface area contributed by atoms with Crippen LogP contribution in [0.25, 0.3) is 0 Å². The van der Waals surface area contributed by atoms with Gasteiger partial charge in [-0.1, -0.05) is 55.5 Å². The number of fused-ring (bicyclic) bond motifs is 1. The molecule has 19 heavy (non-hydrogen) atoms. The van der Waals surface area contributed by atoms with Crippen LogP contribution >= 0.6 is 0 Å². The molecule has 1 unspecified atom stereocenters. The first-order chi connectivity index (χ1) is 9.19. The van der Waals surface area contributed by atoms with Crippen molar-refractivity contribution in [3.05, 3.63) is 59.8 Å². The molecular formula is C17H19NO. The second kappa shape index (κ2) is 4.69. The Hall–Kier alpha value is -1.83. The van der Waals surface area contributed by atoms with Crippen molar-refractivity contribution in [3.63, 3.8) is 0 Å². The van der Waals surface area contributed by atoms with Crippen LogP contribution in [0.3, 0.4) is 0 Å². The van der Waals surface area contributed by atoms with Gasteiger partial charge >= 0.3 is 0 Å². The first-order valence-electron chi connectivity index (χ1n) is 6.92. The third-order valence-electron chi connectivity index (χ3n) is 4.15. The number of carbonyl (C=O) groups excluding carboxylic acids is 1. The van der Waals surface area contributed by atoms with Crippen LogP contribution in [0.15, 0.2) is 54.3 Å². The SMILES string of the molecule is CC12C=CCC=C1N(Cc1ccccc1)C(=O)CC2.